The summed E-state index contributed by atoms with van der Waals surface area (Å²) in [5.74, 6) is 0.709. The van der Waals surface area contributed by atoms with Crippen molar-refractivity contribution in [3.05, 3.63) is 40.5 Å². The van der Waals surface area contributed by atoms with Gasteiger partial charge >= 0.3 is 0 Å². The highest BCUT2D eigenvalue weighted by Gasteiger charge is 2.02. The molecule has 3 heteroatoms. The number of hydrogen-bond donors (Lipinski definition) is 1. The largest absolute Gasteiger partial charge is 0.253 e. The van der Waals surface area contributed by atoms with Gasteiger partial charge in [-0.05, 0) is 36.8 Å². The number of aryl methyl sites for hydroxylation is 1. The smallest absolute Gasteiger partial charge is 0.0709 e. The van der Waals surface area contributed by atoms with Crippen molar-refractivity contribution < 1.29 is 0 Å². The van der Waals surface area contributed by atoms with E-state index in [0.717, 1.165) is 21.6 Å². The quantitative estimate of drug-likeness (QED) is 0.729. The van der Waals surface area contributed by atoms with Crippen LogP contribution in [0.3, 0.4) is 0 Å². The fraction of sp³-hybridized carbons (Fsp3) is 0.182. The molecule has 0 amide bonds. The van der Waals surface area contributed by atoms with Crippen molar-refractivity contribution in [3.63, 3.8) is 0 Å². The molecule has 1 aromatic carbocycles. The third-order valence-corrected chi connectivity index (χ3v) is 2.73. The Bertz CT molecular complexity index is 482. The van der Waals surface area contributed by atoms with Gasteiger partial charge in [0, 0.05) is 21.9 Å². The molecular formula is C11H10ClNS. The molecule has 0 atom stereocenters. The fourth-order valence-corrected chi connectivity index (χ4v) is 1.98. The van der Waals surface area contributed by atoms with Crippen molar-refractivity contribution in [2.75, 3.05) is 0 Å². The van der Waals surface area contributed by atoms with Crippen LogP contribution in [0, 0.1) is 6.92 Å². The van der Waals surface area contributed by atoms with E-state index in [9.17, 15) is 0 Å². The van der Waals surface area contributed by atoms with Crippen molar-refractivity contribution in [3.8, 4) is 0 Å². The molecule has 0 spiro atoms. The molecule has 14 heavy (non-hydrogen) atoms. The Labute approximate surface area is 93.5 Å². The average Bonchev–Trinajstić information content (AvgIpc) is 2.17. The second-order valence-corrected chi connectivity index (χ2v) is 4.00. The predicted molar refractivity (Wildman–Crippen MR) is 64.2 cm³/mol. The highest BCUT2D eigenvalue weighted by atomic mass is 35.5. The van der Waals surface area contributed by atoms with E-state index in [1.807, 2.05) is 31.2 Å². The Morgan fingerprint density at radius 1 is 1.36 bits per heavy atom. The topological polar surface area (TPSA) is 12.9 Å². The van der Waals surface area contributed by atoms with Crippen LogP contribution in [-0.4, -0.2) is 4.98 Å². The molecule has 1 heterocycles. The molecule has 0 bridgehead atoms. The first-order valence-electron chi connectivity index (χ1n) is 4.37. The van der Waals surface area contributed by atoms with Crippen molar-refractivity contribution in [2.45, 2.75) is 12.7 Å². The first-order chi connectivity index (χ1) is 6.70. The zero-order chi connectivity index (χ0) is 10.1. The number of thiol groups is 1. The first kappa shape index (κ1) is 9.81. The Hall–Kier alpha value is -0.730. The lowest BCUT2D eigenvalue weighted by molar-refractivity contribution is 1.23. The van der Waals surface area contributed by atoms with E-state index in [4.69, 9.17) is 11.6 Å². The van der Waals surface area contributed by atoms with Gasteiger partial charge in [0.2, 0.25) is 0 Å². The molecule has 1 nitrogen and oxygen atoms in total. The molecule has 1 aromatic heterocycles. The molecule has 0 aliphatic carbocycles. The van der Waals surface area contributed by atoms with Gasteiger partial charge in [-0.25, -0.2) is 0 Å². The maximum absolute atomic E-state index is 5.93. The second kappa shape index (κ2) is 3.79. The number of aromatic nitrogens is 1. The van der Waals surface area contributed by atoms with Crippen LogP contribution in [0.5, 0.6) is 0 Å². The van der Waals surface area contributed by atoms with Gasteiger partial charge in [-0.1, -0.05) is 11.6 Å². The van der Waals surface area contributed by atoms with Gasteiger partial charge in [-0.15, -0.1) is 0 Å². The van der Waals surface area contributed by atoms with Crippen LogP contribution in [0.25, 0.3) is 10.9 Å². The van der Waals surface area contributed by atoms with E-state index in [1.165, 1.54) is 5.56 Å². The van der Waals surface area contributed by atoms with Crippen LogP contribution in [0.1, 0.15) is 11.3 Å². The third-order valence-electron chi connectivity index (χ3n) is 2.15. The van der Waals surface area contributed by atoms with Gasteiger partial charge in [-0.3, -0.25) is 4.98 Å². The molecule has 72 valence electrons. The number of benzene rings is 1. The number of hydrogen-bond acceptors (Lipinski definition) is 2. The Morgan fingerprint density at radius 3 is 2.86 bits per heavy atom. The van der Waals surface area contributed by atoms with Gasteiger partial charge in [0.15, 0.2) is 0 Å². The SMILES string of the molecule is Cc1cc(CS)c2cc(Cl)ccc2n1. The van der Waals surface area contributed by atoms with E-state index in [1.54, 1.807) is 0 Å². The number of nitrogens with zero attached hydrogens (tertiary/aromatic N) is 1. The van der Waals surface area contributed by atoms with Crippen LogP contribution >= 0.6 is 24.2 Å². The summed E-state index contributed by atoms with van der Waals surface area (Å²) in [6, 6.07) is 7.79. The van der Waals surface area contributed by atoms with Crippen LogP contribution in [-0.2, 0) is 5.75 Å². The lowest BCUT2D eigenvalue weighted by Gasteiger charge is -2.05. The number of fused-ring (bicyclic) bond motifs is 1. The van der Waals surface area contributed by atoms with Gasteiger partial charge in [-0.2, -0.15) is 12.6 Å². The minimum atomic E-state index is 0.709. The van der Waals surface area contributed by atoms with Crippen LogP contribution in [0.2, 0.25) is 5.02 Å². The average molecular weight is 224 g/mol. The van der Waals surface area contributed by atoms with Gasteiger partial charge in [0.25, 0.3) is 0 Å². The summed E-state index contributed by atoms with van der Waals surface area (Å²) in [4.78, 5) is 4.43. The van der Waals surface area contributed by atoms with E-state index in [2.05, 4.69) is 17.6 Å². The van der Waals surface area contributed by atoms with E-state index >= 15 is 0 Å². The summed E-state index contributed by atoms with van der Waals surface area (Å²) in [7, 11) is 0. The maximum Gasteiger partial charge on any atom is 0.0709 e. The van der Waals surface area contributed by atoms with E-state index < -0.39 is 0 Å². The van der Waals surface area contributed by atoms with Crippen molar-refractivity contribution in [1.29, 1.82) is 0 Å². The molecule has 0 saturated carbocycles. The van der Waals surface area contributed by atoms with Crippen LogP contribution < -0.4 is 0 Å². The minimum Gasteiger partial charge on any atom is -0.253 e. The zero-order valence-electron chi connectivity index (χ0n) is 7.79. The summed E-state index contributed by atoms with van der Waals surface area (Å²) in [5, 5.41) is 1.84. The monoisotopic (exact) mass is 223 g/mol. The minimum absolute atomic E-state index is 0.709. The molecular weight excluding hydrogens is 214 g/mol. The lowest BCUT2D eigenvalue weighted by atomic mass is 10.1. The Kier molecular flexibility index (Phi) is 2.66. The predicted octanol–water partition coefficient (Wildman–Crippen LogP) is 3.63. The van der Waals surface area contributed by atoms with E-state index in [-0.39, 0.29) is 0 Å². The van der Waals surface area contributed by atoms with Crippen LogP contribution in [0.15, 0.2) is 24.3 Å². The molecule has 0 unspecified atom stereocenters. The molecule has 0 radical (unpaired) electrons. The molecule has 2 rings (SSSR count). The van der Waals surface area contributed by atoms with Gasteiger partial charge in [0.1, 0.15) is 0 Å². The van der Waals surface area contributed by atoms with E-state index in [0.29, 0.717) is 5.75 Å². The summed E-state index contributed by atoms with van der Waals surface area (Å²) < 4.78 is 0. The molecule has 0 fully saturated rings. The Balaban J connectivity index is 2.81. The molecule has 0 N–H and O–H groups in total. The van der Waals surface area contributed by atoms with Crippen LogP contribution in [0.4, 0.5) is 0 Å². The molecule has 0 aliphatic rings. The highest BCUT2D eigenvalue weighted by Crippen LogP contribution is 2.23. The third kappa shape index (κ3) is 1.72. The summed E-state index contributed by atoms with van der Waals surface area (Å²) in [6.07, 6.45) is 0. The molecule has 2 aromatic rings. The second-order valence-electron chi connectivity index (χ2n) is 3.24. The highest BCUT2D eigenvalue weighted by molar-refractivity contribution is 7.79. The van der Waals surface area contributed by atoms with Crippen molar-refractivity contribution >= 4 is 35.1 Å². The standard InChI is InChI=1S/C11H10ClNS/c1-7-4-8(6-14)10-5-9(12)2-3-11(10)13-7/h2-5,14H,6H2,1H3. The van der Waals surface area contributed by atoms with Crippen molar-refractivity contribution in [1.82, 2.24) is 4.98 Å². The zero-order valence-corrected chi connectivity index (χ0v) is 9.44. The fourth-order valence-electron chi connectivity index (χ4n) is 1.55. The van der Waals surface area contributed by atoms with Gasteiger partial charge < -0.3 is 0 Å². The molecule has 0 saturated heterocycles. The summed E-state index contributed by atoms with van der Waals surface area (Å²) in [5.41, 5.74) is 3.18. The molecule has 0 aliphatic heterocycles. The Morgan fingerprint density at radius 2 is 2.14 bits per heavy atom. The maximum atomic E-state index is 5.93. The summed E-state index contributed by atoms with van der Waals surface area (Å²) in [6.45, 7) is 1.99. The lowest BCUT2D eigenvalue weighted by Crippen LogP contribution is -1.89. The number of halogens is 1. The van der Waals surface area contributed by atoms with Crippen molar-refractivity contribution in [2.24, 2.45) is 0 Å². The normalized spacial score (nSPS) is 10.8. The number of rotatable bonds is 1. The first-order valence-corrected chi connectivity index (χ1v) is 5.38. The number of pyridine rings is 1. The summed E-state index contributed by atoms with van der Waals surface area (Å²) >= 11 is 10.2. The van der Waals surface area contributed by atoms with Gasteiger partial charge in [0.05, 0.1) is 5.52 Å².